The standard InChI is InChI=1S/C24H25ClN6/c25-17-8-9-18-20(10-11-26-22(18)16-17)27-12-13-28-23-19-6-2-3-7-21(19)29-24(30-23)31-14-4-1-5-15-31/h2-3,6-11,16H,1,4-5,12-15H2,(H,26,27)(H,28,29,30). The third-order valence-electron chi connectivity index (χ3n) is 5.67. The molecule has 4 aromatic rings. The molecule has 0 spiro atoms. The number of pyridine rings is 1. The lowest BCUT2D eigenvalue weighted by atomic mass is 10.1. The fourth-order valence-corrected chi connectivity index (χ4v) is 4.25. The third kappa shape index (κ3) is 4.35. The van der Waals surface area contributed by atoms with Crippen LogP contribution in [0.1, 0.15) is 19.3 Å². The number of anilines is 3. The zero-order valence-corrected chi connectivity index (χ0v) is 18.1. The molecular weight excluding hydrogens is 408 g/mol. The maximum atomic E-state index is 6.10. The number of para-hydroxylation sites is 1. The lowest BCUT2D eigenvalue weighted by molar-refractivity contribution is 0.569. The Labute approximate surface area is 186 Å². The van der Waals surface area contributed by atoms with Crippen molar-refractivity contribution in [2.45, 2.75) is 19.3 Å². The maximum Gasteiger partial charge on any atom is 0.227 e. The molecule has 0 radical (unpaired) electrons. The summed E-state index contributed by atoms with van der Waals surface area (Å²) in [5, 5.41) is 9.83. The van der Waals surface area contributed by atoms with Crippen LogP contribution in [0.5, 0.6) is 0 Å². The molecule has 2 aromatic heterocycles. The first kappa shape index (κ1) is 19.8. The number of halogens is 1. The molecule has 0 aliphatic carbocycles. The molecule has 5 rings (SSSR count). The van der Waals surface area contributed by atoms with Crippen LogP contribution in [0.4, 0.5) is 17.5 Å². The van der Waals surface area contributed by atoms with Crippen LogP contribution in [0, 0.1) is 0 Å². The van der Waals surface area contributed by atoms with Gasteiger partial charge in [0.2, 0.25) is 5.95 Å². The van der Waals surface area contributed by atoms with Gasteiger partial charge in [0.15, 0.2) is 0 Å². The highest BCUT2D eigenvalue weighted by Crippen LogP contribution is 2.26. The van der Waals surface area contributed by atoms with E-state index in [1.807, 2.05) is 36.4 Å². The minimum absolute atomic E-state index is 0.693. The van der Waals surface area contributed by atoms with Gasteiger partial charge in [-0.25, -0.2) is 4.98 Å². The van der Waals surface area contributed by atoms with Crippen LogP contribution >= 0.6 is 11.6 Å². The van der Waals surface area contributed by atoms with E-state index in [1.165, 1.54) is 19.3 Å². The predicted molar refractivity (Wildman–Crippen MR) is 129 cm³/mol. The molecule has 1 fully saturated rings. The topological polar surface area (TPSA) is 66.0 Å². The summed E-state index contributed by atoms with van der Waals surface area (Å²) in [6.07, 6.45) is 5.50. The van der Waals surface area contributed by atoms with Gasteiger partial charge in [0.25, 0.3) is 0 Å². The maximum absolute atomic E-state index is 6.10. The number of nitrogens with one attached hydrogen (secondary N) is 2. The van der Waals surface area contributed by atoms with Gasteiger partial charge in [-0.2, -0.15) is 4.98 Å². The molecule has 0 saturated carbocycles. The fourth-order valence-electron chi connectivity index (χ4n) is 4.09. The van der Waals surface area contributed by atoms with Gasteiger partial charge in [-0.1, -0.05) is 23.7 Å². The Morgan fingerprint density at radius 3 is 2.58 bits per heavy atom. The van der Waals surface area contributed by atoms with Crippen LogP contribution in [-0.2, 0) is 0 Å². The van der Waals surface area contributed by atoms with Crippen LogP contribution in [-0.4, -0.2) is 41.1 Å². The molecule has 0 atom stereocenters. The van der Waals surface area contributed by atoms with Crippen molar-refractivity contribution in [1.29, 1.82) is 0 Å². The number of fused-ring (bicyclic) bond motifs is 2. The molecule has 31 heavy (non-hydrogen) atoms. The second-order valence-corrected chi connectivity index (χ2v) is 8.25. The normalized spacial score (nSPS) is 14.2. The van der Waals surface area contributed by atoms with Gasteiger partial charge < -0.3 is 15.5 Å². The monoisotopic (exact) mass is 432 g/mol. The van der Waals surface area contributed by atoms with Gasteiger partial charge in [-0.05, 0) is 55.7 Å². The average molecular weight is 433 g/mol. The summed E-state index contributed by atoms with van der Waals surface area (Å²) in [4.78, 5) is 16.4. The summed E-state index contributed by atoms with van der Waals surface area (Å²) in [7, 11) is 0. The molecule has 1 aliphatic rings. The number of hydrogen-bond donors (Lipinski definition) is 2. The van der Waals surface area contributed by atoms with Gasteiger partial charge in [0, 0.05) is 53.9 Å². The van der Waals surface area contributed by atoms with Crippen molar-refractivity contribution >= 4 is 50.9 Å². The number of rotatable bonds is 6. The Morgan fingerprint density at radius 2 is 1.68 bits per heavy atom. The minimum Gasteiger partial charge on any atom is -0.383 e. The molecule has 7 heteroatoms. The van der Waals surface area contributed by atoms with E-state index in [2.05, 4.69) is 32.7 Å². The van der Waals surface area contributed by atoms with E-state index < -0.39 is 0 Å². The highest BCUT2D eigenvalue weighted by Gasteiger charge is 2.16. The molecule has 6 nitrogen and oxygen atoms in total. The Kier molecular flexibility index (Phi) is 5.71. The zero-order valence-electron chi connectivity index (χ0n) is 17.3. The smallest absolute Gasteiger partial charge is 0.227 e. The summed E-state index contributed by atoms with van der Waals surface area (Å²) in [6.45, 7) is 3.54. The second-order valence-electron chi connectivity index (χ2n) is 7.81. The highest BCUT2D eigenvalue weighted by molar-refractivity contribution is 6.31. The Balaban J connectivity index is 1.32. The minimum atomic E-state index is 0.693. The Morgan fingerprint density at radius 1 is 0.839 bits per heavy atom. The third-order valence-corrected chi connectivity index (χ3v) is 5.90. The lowest BCUT2D eigenvalue weighted by Crippen LogP contribution is -2.31. The van der Waals surface area contributed by atoms with Crippen molar-refractivity contribution in [3.63, 3.8) is 0 Å². The molecule has 1 saturated heterocycles. The predicted octanol–water partition coefficient (Wildman–Crippen LogP) is 5.35. The number of benzene rings is 2. The number of piperidine rings is 1. The van der Waals surface area contributed by atoms with Gasteiger partial charge in [-0.15, -0.1) is 0 Å². The van der Waals surface area contributed by atoms with Crippen molar-refractivity contribution in [2.24, 2.45) is 0 Å². The SMILES string of the molecule is Clc1ccc2c(NCCNc3nc(N4CCCCC4)nc4ccccc34)ccnc2c1. The molecule has 2 aromatic carbocycles. The Hall–Kier alpha value is -3.12. The molecule has 3 heterocycles. The quantitative estimate of drug-likeness (QED) is 0.400. The summed E-state index contributed by atoms with van der Waals surface area (Å²) in [6, 6.07) is 16.0. The van der Waals surface area contributed by atoms with E-state index >= 15 is 0 Å². The summed E-state index contributed by atoms with van der Waals surface area (Å²) in [5.74, 6) is 1.71. The number of aromatic nitrogens is 3. The highest BCUT2D eigenvalue weighted by atomic mass is 35.5. The molecule has 0 unspecified atom stereocenters. The molecule has 0 bridgehead atoms. The molecule has 2 N–H and O–H groups in total. The second kappa shape index (κ2) is 8.94. The average Bonchev–Trinajstić information content (AvgIpc) is 2.82. The van der Waals surface area contributed by atoms with Crippen LogP contribution < -0.4 is 15.5 Å². The Bertz CT molecular complexity index is 1210. The van der Waals surface area contributed by atoms with Gasteiger partial charge >= 0.3 is 0 Å². The molecular formula is C24H25ClN6. The molecule has 1 aliphatic heterocycles. The summed E-state index contributed by atoms with van der Waals surface area (Å²) in [5.41, 5.74) is 2.91. The van der Waals surface area contributed by atoms with E-state index in [9.17, 15) is 0 Å². The van der Waals surface area contributed by atoms with E-state index in [1.54, 1.807) is 6.20 Å². The van der Waals surface area contributed by atoms with Gasteiger partial charge in [0.1, 0.15) is 5.82 Å². The van der Waals surface area contributed by atoms with Crippen molar-refractivity contribution in [2.75, 3.05) is 41.7 Å². The fraction of sp³-hybridized carbons (Fsp3) is 0.292. The van der Waals surface area contributed by atoms with Crippen molar-refractivity contribution in [3.8, 4) is 0 Å². The van der Waals surface area contributed by atoms with Crippen LogP contribution in [0.3, 0.4) is 0 Å². The summed E-state index contributed by atoms with van der Waals surface area (Å²) < 4.78 is 0. The van der Waals surface area contributed by atoms with E-state index in [-0.39, 0.29) is 0 Å². The lowest BCUT2D eigenvalue weighted by Gasteiger charge is -2.27. The van der Waals surface area contributed by atoms with Crippen molar-refractivity contribution in [3.05, 3.63) is 59.8 Å². The summed E-state index contributed by atoms with van der Waals surface area (Å²) >= 11 is 6.10. The van der Waals surface area contributed by atoms with Crippen molar-refractivity contribution < 1.29 is 0 Å². The van der Waals surface area contributed by atoms with Crippen molar-refractivity contribution in [1.82, 2.24) is 15.0 Å². The zero-order chi connectivity index (χ0) is 21.0. The van der Waals surface area contributed by atoms with Crippen LogP contribution in [0.25, 0.3) is 21.8 Å². The van der Waals surface area contributed by atoms with Crippen LogP contribution in [0.2, 0.25) is 5.02 Å². The van der Waals surface area contributed by atoms with E-state index in [0.29, 0.717) is 5.02 Å². The van der Waals surface area contributed by atoms with Crippen LogP contribution in [0.15, 0.2) is 54.7 Å². The molecule has 158 valence electrons. The first-order valence-corrected chi connectivity index (χ1v) is 11.2. The van der Waals surface area contributed by atoms with E-state index in [4.69, 9.17) is 21.6 Å². The number of nitrogens with zero attached hydrogens (tertiary/aromatic N) is 4. The largest absolute Gasteiger partial charge is 0.383 e. The van der Waals surface area contributed by atoms with Gasteiger partial charge in [0.05, 0.1) is 11.0 Å². The first-order valence-electron chi connectivity index (χ1n) is 10.8. The van der Waals surface area contributed by atoms with E-state index in [0.717, 1.165) is 65.4 Å². The first-order chi connectivity index (χ1) is 15.3. The number of hydrogen-bond acceptors (Lipinski definition) is 6. The molecule has 0 amide bonds. The van der Waals surface area contributed by atoms with Gasteiger partial charge in [-0.3, -0.25) is 4.98 Å².